The Balaban J connectivity index is 1.43. The van der Waals surface area contributed by atoms with E-state index in [1.807, 2.05) is 29.2 Å². The minimum absolute atomic E-state index is 0.0152. The van der Waals surface area contributed by atoms with Crippen LogP contribution in [0.1, 0.15) is 18.1 Å². The van der Waals surface area contributed by atoms with Gasteiger partial charge in [0.2, 0.25) is 11.8 Å². The first-order valence-corrected chi connectivity index (χ1v) is 8.95. The number of nitrogens with one attached hydrogen (secondary N) is 1. The van der Waals surface area contributed by atoms with Crippen LogP contribution >= 0.6 is 0 Å². The summed E-state index contributed by atoms with van der Waals surface area (Å²) >= 11 is 0. The predicted octanol–water partition coefficient (Wildman–Crippen LogP) is 0.712. The van der Waals surface area contributed by atoms with E-state index in [0.717, 1.165) is 17.8 Å². The number of benzene rings is 1. The number of nitrogens with zero attached hydrogens (tertiary/aromatic N) is 4. The van der Waals surface area contributed by atoms with Crippen molar-refractivity contribution in [1.82, 2.24) is 24.9 Å². The molecule has 2 atom stereocenters. The first-order valence-electron chi connectivity index (χ1n) is 8.95. The third-order valence-corrected chi connectivity index (χ3v) is 5.12. The SMILES string of the molecule is Cc1ccc(-n2cc(CN3CCN4C(=O)[C@H](C)NC(=O)[C@H]4C3)cn2)cc1. The second-order valence-electron chi connectivity index (χ2n) is 7.14. The average molecular weight is 353 g/mol. The molecular formula is C19H23N5O2. The van der Waals surface area contributed by atoms with E-state index >= 15 is 0 Å². The molecule has 3 heterocycles. The van der Waals surface area contributed by atoms with Crippen LogP contribution in [0.5, 0.6) is 0 Å². The molecule has 1 aromatic carbocycles. The lowest BCUT2D eigenvalue weighted by molar-refractivity contribution is -0.152. The molecule has 4 rings (SSSR count). The second kappa shape index (κ2) is 6.57. The second-order valence-corrected chi connectivity index (χ2v) is 7.14. The summed E-state index contributed by atoms with van der Waals surface area (Å²) in [6.45, 7) is 6.42. The van der Waals surface area contributed by atoms with Crippen LogP contribution in [0.3, 0.4) is 0 Å². The summed E-state index contributed by atoms with van der Waals surface area (Å²) in [6.07, 6.45) is 3.88. The van der Waals surface area contributed by atoms with Crippen LogP contribution in [0.25, 0.3) is 5.69 Å². The average Bonchev–Trinajstić information content (AvgIpc) is 3.09. The molecule has 2 saturated heterocycles. The Morgan fingerprint density at radius 3 is 2.73 bits per heavy atom. The van der Waals surface area contributed by atoms with Crippen molar-refractivity contribution in [1.29, 1.82) is 0 Å². The van der Waals surface area contributed by atoms with E-state index in [9.17, 15) is 9.59 Å². The number of aromatic nitrogens is 2. The Bertz CT molecular complexity index is 829. The summed E-state index contributed by atoms with van der Waals surface area (Å²) in [7, 11) is 0. The summed E-state index contributed by atoms with van der Waals surface area (Å²) in [5, 5.41) is 7.22. The highest BCUT2D eigenvalue weighted by atomic mass is 16.2. The molecule has 0 aliphatic carbocycles. The summed E-state index contributed by atoms with van der Waals surface area (Å²) in [5.41, 5.74) is 3.33. The number of hydrogen-bond acceptors (Lipinski definition) is 4. The van der Waals surface area contributed by atoms with Gasteiger partial charge < -0.3 is 10.2 Å². The monoisotopic (exact) mass is 353 g/mol. The van der Waals surface area contributed by atoms with E-state index in [-0.39, 0.29) is 17.9 Å². The van der Waals surface area contributed by atoms with E-state index in [1.165, 1.54) is 5.56 Å². The largest absolute Gasteiger partial charge is 0.343 e. The fourth-order valence-corrected chi connectivity index (χ4v) is 3.63. The van der Waals surface area contributed by atoms with Crippen molar-refractivity contribution in [2.24, 2.45) is 0 Å². The predicted molar refractivity (Wildman–Crippen MR) is 96.7 cm³/mol. The zero-order valence-corrected chi connectivity index (χ0v) is 15.1. The van der Waals surface area contributed by atoms with E-state index in [4.69, 9.17) is 0 Å². The van der Waals surface area contributed by atoms with Crippen molar-refractivity contribution in [2.75, 3.05) is 19.6 Å². The number of amides is 2. The molecule has 0 unspecified atom stereocenters. The molecule has 7 nitrogen and oxygen atoms in total. The Hall–Kier alpha value is -2.67. The summed E-state index contributed by atoms with van der Waals surface area (Å²) in [4.78, 5) is 28.4. The maximum absolute atomic E-state index is 12.3. The van der Waals surface area contributed by atoms with Crippen LogP contribution in [0.2, 0.25) is 0 Å². The third kappa shape index (κ3) is 3.10. The van der Waals surface area contributed by atoms with Crippen LogP contribution in [0.4, 0.5) is 0 Å². The number of piperazine rings is 2. The highest BCUT2D eigenvalue weighted by Crippen LogP contribution is 2.18. The van der Waals surface area contributed by atoms with E-state index < -0.39 is 6.04 Å². The summed E-state index contributed by atoms with van der Waals surface area (Å²) in [5.74, 6) is -0.0430. The quantitative estimate of drug-likeness (QED) is 0.882. The topological polar surface area (TPSA) is 70.5 Å². The van der Waals surface area contributed by atoms with Gasteiger partial charge in [-0.05, 0) is 26.0 Å². The lowest BCUT2D eigenvalue weighted by Gasteiger charge is -2.44. The zero-order chi connectivity index (χ0) is 18.3. The van der Waals surface area contributed by atoms with Gasteiger partial charge in [0.05, 0.1) is 11.9 Å². The Morgan fingerprint density at radius 1 is 1.19 bits per heavy atom. The van der Waals surface area contributed by atoms with Crippen LogP contribution in [0, 0.1) is 6.92 Å². The molecule has 0 radical (unpaired) electrons. The van der Waals surface area contributed by atoms with Gasteiger partial charge in [0.25, 0.3) is 0 Å². The van der Waals surface area contributed by atoms with Crippen LogP contribution < -0.4 is 5.32 Å². The number of hydrogen-bond donors (Lipinski definition) is 1. The number of fused-ring (bicyclic) bond motifs is 1. The van der Waals surface area contributed by atoms with Gasteiger partial charge in [-0.25, -0.2) is 4.68 Å². The lowest BCUT2D eigenvalue weighted by Crippen LogP contribution is -2.68. The van der Waals surface area contributed by atoms with Crippen LogP contribution in [-0.4, -0.2) is 63.1 Å². The molecule has 2 aliphatic rings. The standard InChI is InChI=1S/C19H23N5O2/c1-13-3-5-16(6-4-13)24-11-15(9-20-24)10-22-7-8-23-17(12-22)18(25)21-14(2)19(23)26/h3-6,9,11,14,17H,7-8,10,12H2,1-2H3,(H,21,25)/t14-,17+/m0/s1. The van der Waals surface area contributed by atoms with Crippen molar-refractivity contribution < 1.29 is 9.59 Å². The molecule has 26 heavy (non-hydrogen) atoms. The highest BCUT2D eigenvalue weighted by Gasteiger charge is 2.41. The smallest absolute Gasteiger partial charge is 0.245 e. The highest BCUT2D eigenvalue weighted by molar-refractivity contribution is 5.97. The summed E-state index contributed by atoms with van der Waals surface area (Å²) < 4.78 is 1.86. The number of rotatable bonds is 3. The van der Waals surface area contributed by atoms with Gasteiger partial charge >= 0.3 is 0 Å². The van der Waals surface area contributed by atoms with Crippen LogP contribution in [-0.2, 0) is 16.1 Å². The third-order valence-electron chi connectivity index (χ3n) is 5.12. The molecule has 136 valence electrons. The Morgan fingerprint density at radius 2 is 1.96 bits per heavy atom. The van der Waals surface area contributed by atoms with E-state index in [0.29, 0.717) is 19.6 Å². The molecule has 7 heteroatoms. The van der Waals surface area contributed by atoms with E-state index in [2.05, 4.69) is 34.4 Å². The molecule has 1 aromatic heterocycles. The van der Waals surface area contributed by atoms with Crippen molar-refractivity contribution in [3.8, 4) is 5.69 Å². The minimum Gasteiger partial charge on any atom is -0.343 e. The summed E-state index contributed by atoms with van der Waals surface area (Å²) in [6, 6.07) is 7.41. The fourth-order valence-electron chi connectivity index (χ4n) is 3.63. The maximum Gasteiger partial charge on any atom is 0.245 e. The Labute approximate surface area is 152 Å². The van der Waals surface area contributed by atoms with Gasteiger partial charge in [-0.1, -0.05) is 17.7 Å². The maximum atomic E-state index is 12.3. The molecule has 1 N–H and O–H groups in total. The Kier molecular flexibility index (Phi) is 4.24. The molecule has 0 bridgehead atoms. The molecule has 2 fully saturated rings. The van der Waals surface area contributed by atoms with Gasteiger partial charge in [-0.15, -0.1) is 0 Å². The first kappa shape index (κ1) is 16.8. The normalized spacial score (nSPS) is 23.7. The van der Waals surface area contributed by atoms with Gasteiger partial charge in [-0.3, -0.25) is 14.5 Å². The molecule has 2 aromatic rings. The molecule has 0 spiro atoms. The number of aryl methyl sites for hydroxylation is 1. The van der Waals surface area contributed by atoms with Gasteiger partial charge in [0.1, 0.15) is 12.1 Å². The number of carbonyl (C=O) groups excluding carboxylic acids is 2. The fraction of sp³-hybridized carbons (Fsp3) is 0.421. The van der Waals surface area contributed by atoms with Crippen molar-refractivity contribution in [3.63, 3.8) is 0 Å². The van der Waals surface area contributed by atoms with Gasteiger partial charge in [0, 0.05) is 37.9 Å². The van der Waals surface area contributed by atoms with Crippen molar-refractivity contribution >= 4 is 11.8 Å². The molecular weight excluding hydrogens is 330 g/mol. The minimum atomic E-state index is -0.418. The van der Waals surface area contributed by atoms with Crippen LogP contribution in [0.15, 0.2) is 36.7 Å². The van der Waals surface area contributed by atoms with Gasteiger partial charge in [0.15, 0.2) is 0 Å². The first-order chi connectivity index (χ1) is 12.5. The van der Waals surface area contributed by atoms with Crippen molar-refractivity contribution in [2.45, 2.75) is 32.5 Å². The zero-order valence-electron chi connectivity index (χ0n) is 15.1. The van der Waals surface area contributed by atoms with Gasteiger partial charge in [-0.2, -0.15) is 5.10 Å². The van der Waals surface area contributed by atoms with Crippen molar-refractivity contribution in [3.05, 3.63) is 47.8 Å². The molecule has 2 aliphatic heterocycles. The molecule has 0 saturated carbocycles. The molecule has 2 amide bonds. The van der Waals surface area contributed by atoms with E-state index in [1.54, 1.807) is 11.8 Å². The number of carbonyl (C=O) groups is 2. The lowest BCUT2D eigenvalue weighted by atomic mass is 10.0.